The van der Waals surface area contributed by atoms with Crippen LogP contribution in [-0.4, -0.2) is 36.9 Å². The maximum Gasteiger partial charge on any atom is 0.214 e. The van der Waals surface area contributed by atoms with E-state index in [1.807, 2.05) is 0 Å². The molecule has 1 rings (SSSR count). The van der Waals surface area contributed by atoms with Crippen LogP contribution in [0.3, 0.4) is 0 Å². The molecule has 1 saturated carbocycles. The van der Waals surface area contributed by atoms with Crippen molar-refractivity contribution in [3.05, 3.63) is 0 Å². The highest BCUT2D eigenvalue weighted by Gasteiger charge is 2.31. The topological polar surface area (TPSA) is 37.4 Å². The minimum absolute atomic E-state index is 0.250. The first-order valence-corrected chi connectivity index (χ1v) is 9.67. The molecule has 0 aliphatic heterocycles. The lowest BCUT2D eigenvalue weighted by molar-refractivity contribution is 0.304. The third-order valence-corrected chi connectivity index (χ3v) is 6.07. The summed E-state index contributed by atoms with van der Waals surface area (Å²) in [6, 6.07) is 0.250. The van der Waals surface area contributed by atoms with E-state index in [0.29, 0.717) is 24.8 Å². The Hall–Kier alpha value is 0.200. The van der Waals surface area contributed by atoms with Crippen molar-refractivity contribution < 1.29 is 8.42 Å². The molecule has 0 radical (unpaired) electrons. The standard InChI is InChI=1S/C14H28ClNO2S/c1-13(2)9-11-16(14-7-3-4-8-14)19(17,18)12-6-5-10-15/h13-14H,3-12H2,1-2H3. The van der Waals surface area contributed by atoms with Gasteiger partial charge in [0.25, 0.3) is 0 Å². The first-order valence-electron chi connectivity index (χ1n) is 7.53. The fourth-order valence-electron chi connectivity index (χ4n) is 2.62. The van der Waals surface area contributed by atoms with Gasteiger partial charge in [-0.15, -0.1) is 11.6 Å². The van der Waals surface area contributed by atoms with Gasteiger partial charge in [-0.3, -0.25) is 0 Å². The molecule has 0 bridgehead atoms. The lowest BCUT2D eigenvalue weighted by Crippen LogP contribution is -2.41. The van der Waals surface area contributed by atoms with E-state index in [9.17, 15) is 8.42 Å². The molecule has 0 aromatic heterocycles. The van der Waals surface area contributed by atoms with E-state index in [2.05, 4.69) is 13.8 Å². The van der Waals surface area contributed by atoms with Crippen LogP contribution in [0.25, 0.3) is 0 Å². The normalized spacial score (nSPS) is 17.7. The summed E-state index contributed by atoms with van der Waals surface area (Å²) in [5.74, 6) is 1.35. The van der Waals surface area contributed by atoms with Crippen molar-refractivity contribution in [1.82, 2.24) is 4.31 Å². The maximum absolute atomic E-state index is 12.5. The molecule has 1 aliphatic rings. The lowest BCUT2D eigenvalue weighted by atomic mass is 10.1. The highest BCUT2D eigenvalue weighted by molar-refractivity contribution is 7.89. The number of sulfonamides is 1. The molecule has 1 aliphatic carbocycles. The fraction of sp³-hybridized carbons (Fsp3) is 1.00. The summed E-state index contributed by atoms with van der Waals surface area (Å²) in [5.41, 5.74) is 0. The van der Waals surface area contributed by atoms with E-state index < -0.39 is 10.0 Å². The van der Waals surface area contributed by atoms with Crippen molar-refractivity contribution in [2.45, 2.75) is 64.8 Å². The molecule has 0 N–H and O–H groups in total. The molecular weight excluding hydrogens is 282 g/mol. The van der Waals surface area contributed by atoms with Crippen molar-refractivity contribution in [2.24, 2.45) is 5.92 Å². The van der Waals surface area contributed by atoms with Crippen LogP contribution in [0.5, 0.6) is 0 Å². The monoisotopic (exact) mass is 309 g/mol. The van der Waals surface area contributed by atoms with Gasteiger partial charge in [0.2, 0.25) is 10.0 Å². The summed E-state index contributed by atoms with van der Waals surface area (Å²) in [6.07, 6.45) is 6.81. The molecule has 0 saturated heterocycles. The van der Waals surface area contributed by atoms with Crippen molar-refractivity contribution >= 4 is 21.6 Å². The number of unbranched alkanes of at least 4 members (excludes halogenated alkanes) is 1. The first-order chi connectivity index (χ1) is 8.97. The zero-order valence-corrected chi connectivity index (χ0v) is 13.8. The minimum atomic E-state index is -3.10. The molecule has 0 amide bonds. The Kier molecular flexibility index (Phi) is 7.70. The molecule has 114 valence electrons. The lowest BCUT2D eigenvalue weighted by Gasteiger charge is -2.28. The summed E-state index contributed by atoms with van der Waals surface area (Å²) in [5, 5.41) is 0. The van der Waals surface area contributed by atoms with E-state index in [0.717, 1.165) is 25.7 Å². The Morgan fingerprint density at radius 1 is 1.21 bits per heavy atom. The number of hydrogen-bond donors (Lipinski definition) is 0. The molecule has 0 atom stereocenters. The predicted octanol–water partition coefficient (Wildman–Crippen LogP) is 3.63. The van der Waals surface area contributed by atoms with Crippen LogP contribution in [0.15, 0.2) is 0 Å². The maximum atomic E-state index is 12.5. The Morgan fingerprint density at radius 2 is 1.84 bits per heavy atom. The molecule has 19 heavy (non-hydrogen) atoms. The van der Waals surface area contributed by atoms with Gasteiger partial charge in [0.05, 0.1) is 5.75 Å². The summed E-state index contributed by atoms with van der Waals surface area (Å²) in [6.45, 7) is 4.98. The molecular formula is C14H28ClNO2S. The van der Waals surface area contributed by atoms with E-state index >= 15 is 0 Å². The average Bonchev–Trinajstić information content (AvgIpc) is 2.82. The second kappa shape index (κ2) is 8.48. The second-order valence-electron chi connectivity index (χ2n) is 5.94. The van der Waals surface area contributed by atoms with Gasteiger partial charge in [-0.1, -0.05) is 26.7 Å². The van der Waals surface area contributed by atoms with Gasteiger partial charge in [0.15, 0.2) is 0 Å². The third kappa shape index (κ3) is 6.01. The van der Waals surface area contributed by atoms with Crippen molar-refractivity contribution in [3.63, 3.8) is 0 Å². The van der Waals surface area contributed by atoms with Gasteiger partial charge in [-0.05, 0) is 38.0 Å². The predicted molar refractivity (Wildman–Crippen MR) is 82.2 cm³/mol. The largest absolute Gasteiger partial charge is 0.214 e. The van der Waals surface area contributed by atoms with E-state index in [1.165, 1.54) is 12.8 Å². The van der Waals surface area contributed by atoms with Crippen LogP contribution in [0.4, 0.5) is 0 Å². The Morgan fingerprint density at radius 3 is 2.37 bits per heavy atom. The number of alkyl halides is 1. The number of halogens is 1. The SMILES string of the molecule is CC(C)CCN(C1CCCC1)S(=O)(=O)CCCCCl. The van der Waals surface area contributed by atoms with Gasteiger partial charge >= 0.3 is 0 Å². The van der Waals surface area contributed by atoms with Crippen molar-refractivity contribution in [3.8, 4) is 0 Å². The summed E-state index contributed by atoms with van der Waals surface area (Å²) >= 11 is 5.63. The zero-order valence-electron chi connectivity index (χ0n) is 12.3. The average molecular weight is 310 g/mol. The smallest absolute Gasteiger partial charge is 0.212 e. The highest BCUT2D eigenvalue weighted by Crippen LogP contribution is 2.27. The van der Waals surface area contributed by atoms with E-state index in [-0.39, 0.29) is 11.8 Å². The fourth-order valence-corrected chi connectivity index (χ4v) is 4.66. The van der Waals surface area contributed by atoms with Crippen molar-refractivity contribution in [2.75, 3.05) is 18.2 Å². The third-order valence-electron chi connectivity index (χ3n) is 3.80. The van der Waals surface area contributed by atoms with Crippen LogP contribution >= 0.6 is 11.6 Å². The van der Waals surface area contributed by atoms with Crippen LogP contribution < -0.4 is 0 Å². The molecule has 0 unspecified atom stereocenters. The Labute approximate surface area is 123 Å². The summed E-state index contributed by atoms with van der Waals surface area (Å²) in [7, 11) is -3.10. The van der Waals surface area contributed by atoms with Gasteiger partial charge in [-0.2, -0.15) is 4.31 Å². The van der Waals surface area contributed by atoms with Crippen LogP contribution in [0, 0.1) is 5.92 Å². The second-order valence-corrected chi connectivity index (χ2v) is 8.36. The van der Waals surface area contributed by atoms with E-state index in [1.54, 1.807) is 4.31 Å². The van der Waals surface area contributed by atoms with E-state index in [4.69, 9.17) is 11.6 Å². The zero-order chi connectivity index (χ0) is 14.3. The number of hydrogen-bond acceptors (Lipinski definition) is 2. The van der Waals surface area contributed by atoms with Gasteiger partial charge in [0, 0.05) is 18.5 Å². The molecule has 1 fully saturated rings. The molecule has 0 aromatic carbocycles. The van der Waals surface area contributed by atoms with Crippen LogP contribution in [-0.2, 0) is 10.0 Å². The molecule has 5 heteroatoms. The Bertz CT molecular complexity index is 337. The summed E-state index contributed by atoms with van der Waals surface area (Å²) in [4.78, 5) is 0. The Balaban J connectivity index is 2.64. The van der Waals surface area contributed by atoms with Gasteiger partial charge in [-0.25, -0.2) is 8.42 Å². The van der Waals surface area contributed by atoms with Crippen LogP contribution in [0.1, 0.15) is 58.8 Å². The van der Waals surface area contributed by atoms with Gasteiger partial charge in [0.1, 0.15) is 0 Å². The quantitative estimate of drug-likeness (QED) is 0.482. The minimum Gasteiger partial charge on any atom is -0.212 e. The van der Waals surface area contributed by atoms with Crippen LogP contribution in [0.2, 0.25) is 0 Å². The molecule has 0 heterocycles. The summed E-state index contributed by atoms with van der Waals surface area (Å²) < 4.78 is 26.8. The highest BCUT2D eigenvalue weighted by atomic mass is 35.5. The molecule has 0 aromatic rings. The van der Waals surface area contributed by atoms with Gasteiger partial charge < -0.3 is 0 Å². The first kappa shape index (κ1) is 17.3. The number of nitrogens with zero attached hydrogens (tertiary/aromatic N) is 1. The molecule has 0 spiro atoms. The molecule has 3 nitrogen and oxygen atoms in total. The number of rotatable bonds is 9. The van der Waals surface area contributed by atoms with Crippen molar-refractivity contribution in [1.29, 1.82) is 0 Å².